The molecule has 2 atom stereocenters. The molecule has 0 bridgehead atoms. The van der Waals surface area contributed by atoms with Crippen LogP contribution in [-0.2, 0) is 10.2 Å². The lowest BCUT2D eigenvalue weighted by Gasteiger charge is -2.35. The molecule has 20 heavy (non-hydrogen) atoms. The molecule has 0 radical (unpaired) electrons. The average molecular weight is 277 g/mol. The zero-order chi connectivity index (χ0) is 15.6. The Morgan fingerprint density at radius 3 is 1.85 bits per heavy atom. The molecule has 2 N–H and O–H groups in total. The Kier molecular flexibility index (Phi) is 5.39. The van der Waals surface area contributed by atoms with Crippen LogP contribution in [0.2, 0.25) is 0 Å². The molecular weight excluding hydrogens is 246 g/mol. The molecule has 0 saturated heterocycles. The Bertz CT molecular complexity index is 409. The summed E-state index contributed by atoms with van der Waals surface area (Å²) in [6, 6.07) is 8.55. The van der Waals surface area contributed by atoms with Crippen molar-refractivity contribution in [2.45, 2.75) is 66.0 Å². The van der Waals surface area contributed by atoms with E-state index >= 15 is 0 Å². The van der Waals surface area contributed by atoms with E-state index in [-0.39, 0.29) is 23.0 Å². The normalized spacial score (nSPS) is 16.0. The van der Waals surface area contributed by atoms with Crippen molar-refractivity contribution in [2.24, 2.45) is 11.1 Å². The van der Waals surface area contributed by atoms with Gasteiger partial charge >= 0.3 is 0 Å². The first-order valence-corrected chi connectivity index (χ1v) is 7.55. The van der Waals surface area contributed by atoms with Crippen LogP contribution in [0.1, 0.15) is 65.6 Å². The molecule has 2 nitrogen and oxygen atoms in total. The standard InChI is InChI=1S/C18H31NO/c1-8-20-16(18(5,6)7)15(19)13-9-11-14(12-10-13)17(2,3)4/h9-12,15-16H,8,19H2,1-7H3. The van der Waals surface area contributed by atoms with E-state index in [1.54, 1.807) is 0 Å². The van der Waals surface area contributed by atoms with E-state index in [4.69, 9.17) is 10.5 Å². The molecule has 0 aliphatic heterocycles. The van der Waals surface area contributed by atoms with Crippen molar-refractivity contribution in [2.75, 3.05) is 6.61 Å². The summed E-state index contributed by atoms with van der Waals surface area (Å²) in [7, 11) is 0. The van der Waals surface area contributed by atoms with Gasteiger partial charge in [0.1, 0.15) is 0 Å². The second kappa shape index (κ2) is 6.28. The highest BCUT2D eigenvalue weighted by Crippen LogP contribution is 2.32. The quantitative estimate of drug-likeness (QED) is 0.883. The summed E-state index contributed by atoms with van der Waals surface area (Å²) in [5.41, 5.74) is 9.12. The van der Waals surface area contributed by atoms with E-state index in [0.29, 0.717) is 6.61 Å². The molecule has 0 aromatic heterocycles. The van der Waals surface area contributed by atoms with Crippen LogP contribution in [0.25, 0.3) is 0 Å². The molecule has 1 aromatic rings. The molecule has 0 fully saturated rings. The number of ether oxygens (including phenoxy) is 1. The Balaban J connectivity index is 2.98. The van der Waals surface area contributed by atoms with Crippen molar-refractivity contribution in [1.82, 2.24) is 0 Å². The van der Waals surface area contributed by atoms with Gasteiger partial charge in [-0.15, -0.1) is 0 Å². The third kappa shape index (κ3) is 4.32. The maximum atomic E-state index is 6.45. The third-order valence-electron chi connectivity index (χ3n) is 3.69. The van der Waals surface area contributed by atoms with Gasteiger partial charge in [-0.1, -0.05) is 65.8 Å². The number of hydrogen-bond donors (Lipinski definition) is 1. The fraction of sp³-hybridized carbons (Fsp3) is 0.667. The molecule has 1 aromatic carbocycles. The van der Waals surface area contributed by atoms with E-state index in [0.717, 1.165) is 5.56 Å². The lowest BCUT2D eigenvalue weighted by molar-refractivity contribution is -0.0283. The van der Waals surface area contributed by atoms with Crippen LogP contribution >= 0.6 is 0 Å². The largest absolute Gasteiger partial charge is 0.376 e. The Morgan fingerprint density at radius 2 is 1.50 bits per heavy atom. The summed E-state index contributed by atoms with van der Waals surface area (Å²) in [5.74, 6) is 0. The number of rotatable bonds is 4. The Labute approximate surface area is 124 Å². The predicted molar refractivity (Wildman–Crippen MR) is 86.9 cm³/mol. The fourth-order valence-electron chi connectivity index (χ4n) is 2.45. The second-order valence-electron chi connectivity index (χ2n) is 7.64. The maximum Gasteiger partial charge on any atom is 0.0815 e. The summed E-state index contributed by atoms with van der Waals surface area (Å²) >= 11 is 0. The van der Waals surface area contributed by atoms with Crippen LogP contribution in [0.4, 0.5) is 0 Å². The van der Waals surface area contributed by atoms with Gasteiger partial charge in [0.25, 0.3) is 0 Å². The zero-order valence-electron chi connectivity index (χ0n) is 14.2. The average Bonchev–Trinajstić information content (AvgIpc) is 2.33. The van der Waals surface area contributed by atoms with Gasteiger partial charge in [-0.3, -0.25) is 0 Å². The highest BCUT2D eigenvalue weighted by atomic mass is 16.5. The van der Waals surface area contributed by atoms with E-state index in [1.807, 2.05) is 6.92 Å². The van der Waals surface area contributed by atoms with Gasteiger partial charge in [-0.2, -0.15) is 0 Å². The molecule has 0 amide bonds. The molecule has 0 aliphatic carbocycles. The predicted octanol–water partition coefficient (Wildman–Crippen LogP) is 4.44. The topological polar surface area (TPSA) is 35.2 Å². The molecule has 1 rings (SSSR count). The minimum Gasteiger partial charge on any atom is -0.376 e. The SMILES string of the molecule is CCOC(C(N)c1ccc(C(C)(C)C)cc1)C(C)(C)C. The lowest BCUT2D eigenvalue weighted by Crippen LogP contribution is -2.39. The van der Waals surface area contributed by atoms with Crippen molar-refractivity contribution in [1.29, 1.82) is 0 Å². The van der Waals surface area contributed by atoms with Crippen LogP contribution in [0.15, 0.2) is 24.3 Å². The van der Waals surface area contributed by atoms with Gasteiger partial charge < -0.3 is 10.5 Å². The summed E-state index contributed by atoms with van der Waals surface area (Å²) in [4.78, 5) is 0. The van der Waals surface area contributed by atoms with Gasteiger partial charge in [-0.25, -0.2) is 0 Å². The van der Waals surface area contributed by atoms with Crippen LogP contribution < -0.4 is 5.73 Å². The van der Waals surface area contributed by atoms with Gasteiger partial charge in [0.05, 0.1) is 12.1 Å². The van der Waals surface area contributed by atoms with Gasteiger partial charge in [0, 0.05) is 6.61 Å². The van der Waals surface area contributed by atoms with Crippen molar-refractivity contribution < 1.29 is 4.74 Å². The van der Waals surface area contributed by atoms with Crippen LogP contribution in [0.5, 0.6) is 0 Å². The zero-order valence-corrected chi connectivity index (χ0v) is 14.2. The van der Waals surface area contributed by atoms with Gasteiger partial charge in [0.15, 0.2) is 0 Å². The van der Waals surface area contributed by atoms with Crippen LogP contribution in [0, 0.1) is 5.41 Å². The smallest absolute Gasteiger partial charge is 0.0815 e. The van der Waals surface area contributed by atoms with Gasteiger partial charge in [-0.05, 0) is 28.9 Å². The second-order valence-corrected chi connectivity index (χ2v) is 7.64. The van der Waals surface area contributed by atoms with Crippen molar-refractivity contribution >= 4 is 0 Å². The lowest BCUT2D eigenvalue weighted by atomic mass is 9.81. The molecule has 2 unspecified atom stereocenters. The first-order chi connectivity index (χ1) is 9.07. The van der Waals surface area contributed by atoms with E-state index in [1.165, 1.54) is 5.56 Å². The van der Waals surface area contributed by atoms with E-state index < -0.39 is 0 Å². The molecular formula is C18H31NO. The summed E-state index contributed by atoms with van der Waals surface area (Å²) in [6.07, 6.45) is 0.0213. The number of benzene rings is 1. The maximum absolute atomic E-state index is 6.45. The summed E-state index contributed by atoms with van der Waals surface area (Å²) < 4.78 is 5.90. The Hall–Kier alpha value is -0.860. The highest BCUT2D eigenvalue weighted by molar-refractivity contribution is 5.29. The molecule has 114 valence electrons. The first-order valence-electron chi connectivity index (χ1n) is 7.55. The van der Waals surface area contributed by atoms with Crippen LogP contribution in [-0.4, -0.2) is 12.7 Å². The van der Waals surface area contributed by atoms with Crippen molar-refractivity contribution in [3.05, 3.63) is 35.4 Å². The molecule has 0 saturated carbocycles. The van der Waals surface area contributed by atoms with Crippen molar-refractivity contribution in [3.8, 4) is 0 Å². The Morgan fingerprint density at radius 1 is 1.00 bits per heavy atom. The van der Waals surface area contributed by atoms with Crippen LogP contribution in [0.3, 0.4) is 0 Å². The fourth-order valence-corrected chi connectivity index (χ4v) is 2.45. The molecule has 0 spiro atoms. The number of nitrogens with two attached hydrogens (primary N) is 1. The summed E-state index contributed by atoms with van der Waals surface area (Å²) in [5, 5.41) is 0. The van der Waals surface area contributed by atoms with E-state index in [2.05, 4.69) is 65.8 Å². The third-order valence-corrected chi connectivity index (χ3v) is 3.69. The monoisotopic (exact) mass is 277 g/mol. The first kappa shape index (κ1) is 17.2. The van der Waals surface area contributed by atoms with Crippen molar-refractivity contribution in [3.63, 3.8) is 0 Å². The number of hydrogen-bond acceptors (Lipinski definition) is 2. The molecule has 2 heteroatoms. The highest BCUT2D eigenvalue weighted by Gasteiger charge is 2.31. The van der Waals surface area contributed by atoms with E-state index in [9.17, 15) is 0 Å². The summed E-state index contributed by atoms with van der Waals surface area (Å²) in [6.45, 7) is 15.9. The minimum absolute atomic E-state index is 0.0213. The van der Waals surface area contributed by atoms with Gasteiger partial charge in [0.2, 0.25) is 0 Å². The molecule has 0 heterocycles. The molecule has 0 aliphatic rings. The minimum atomic E-state index is -0.0935.